The van der Waals surface area contributed by atoms with Crippen LogP contribution in [-0.2, 0) is 11.3 Å². The largest absolute Gasteiger partial charge is 0.479 e. The Kier molecular flexibility index (Phi) is 6.15. The Morgan fingerprint density at radius 3 is 2.29 bits per heavy atom. The van der Waals surface area contributed by atoms with E-state index in [9.17, 15) is 14.4 Å². The highest BCUT2D eigenvalue weighted by Crippen LogP contribution is 2.04. The standard InChI is InChI=1S/C13H17N3O5/c14-13(21)16-7-8-1-3-9(4-2-8)11(18)15-6-5-10(17)12(19)20/h1-4,10,17H,5-7H2,(H,15,18)(H,19,20)(H3,14,16,21)/t10-/m0/s1. The van der Waals surface area contributed by atoms with Crippen LogP contribution in [0.2, 0.25) is 0 Å². The maximum atomic E-state index is 11.7. The molecule has 0 aliphatic rings. The first kappa shape index (κ1) is 16.4. The summed E-state index contributed by atoms with van der Waals surface area (Å²) in [4.78, 5) is 32.7. The van der Waals surface area contributed by atoms with Gasteiger partial charge in [-0.1, -0.05) is 12.1 Å². The Morgan fingerprint density at radius 2 is 1.76 bits per heavy atom. The number of rotatable bonds is 7. The van der Waals surface area contributed by atoms with Crippen molar-refractivity contribution in [2.45, 2.75) is 19.1 Å². The van der Waals surface area contributed by atoms with Gasteiger partial charge in [0.25, 0.3) is 5.91 Å². The Bertz CT molecular complexity index is 515. The smallest absolute Gasteiger partial charge is 0.332 e. The molecule has 1 aromatic rings. The van der Waals surface area contributed by atoms with Crippen molar-refractivity contribution in [2.24, 2.45) is 5.73 Å². The number of aliphatic hydroxyl groups excluding tert-OH is 1. The zero-order valence-corrected chi connectivity index (χ0v) is 11.2. The van der Waals surface area contributed by atoms with E-state index in [0.29, 0.717) is 5.56 Å². The molecule has 3 amide bonds. The van der Waals surface area contributed by atoms with Crippen LogP contribution in [0.5, 0.6) is 0 Å². The molecule has 1 rings (SSSR count). The summed E-state index contributed by atoms with van der Waals surface area (Å²) in [5, 5.41) is 22.5. The third kappa shape index (κ3) is 5.91. The number of urea groups is 1. The summed E-state index contributed by atoms with van der Waals surface area (Å²) in [7, 11) is 0. The molecule has 0 heterocycles. The number of aliphatic hydroxyl groups is 1. The lowest BCUT2D eigenvalue weighted by Crippen LogP contribution is -2.30. The molecule has 0 radical (unpaired) electrons. The van der Waals surface area contributed by atoms with Gasteiger partial charge in [-0.15, -0.1) is 0 Å². The van der Waals surface area contributed by atoms with Crippen LogP contribution >= 0.6 is 0 Å². The highest BCUT2D eigenvalue weighted by molar-refractivity contribution is 5.94. The molecule has 0 saturated carbocycles. The number of hydrogen-bond acceptors (Lipinski definition) is 4. The van der Waals surface area contributed by atoms with Gasteiger partial charge in [-0.25, -0.2) is 9.59 Å². The molecule has 114 valence electrons. The monoisotopic (exact) mass is 295 g/mol. The van der Waals surface area contributed by atoms with E-state index in [1.807, 2.05) is 0 Å². The minimum absolute atomic E-state index is 0.0529. The zero-order valence-electron chi connectivity index (χ0n) is 11.2. The predicted molar refractivity (Wildman–Crippen MR) is 73.5 cm³/mol. The average molecular weight is 295 g/mol. The quantitative estimate of drug-likeness (QED) is 0.457. The topological polar surface area (TPSA) is 142 Å². The molecule has 0 aromatic heterocycles. The lowest BCUT2D eigenvalue weighted by atomic mass is 10.1. The average Bonchev–Trinajstić information content (AvgIpc) is 2.45. The van der Waals surface area contributed by atoms with Gasteiger partial charge in [0.1, 0.15) is 0 Å². The van der Waals surface area contributed by atoms with Gasteiger partial charge < -0.3 is 26.6 Å². The van der Waals surface area contributed by atoms with E-state index in [1.54, 1.807) is 24.3 Å². The number of nitrogens with one attached hydrogen (secondary N) is 2. The molecule has 1 atom stereocenters. The van der Waals surface area contributed by atoms with Gasteiger partial charge in [-0.05, 0) is 17.7 Å². The molecule has 8 heteroatoms. The van der Waals surface area contributed by atoms with Gasteiger partial charge in [0, 0.05) is 25.1 Å². The number of aliphatic carboxylic acids is 1. The number of carboxylic acids is 1. The summed E-state index contributed by atoms with van der Waals surface area (Å²) < 4.78 is 0. The van der Waals surface area contributed by atoms with Crippen LogP contribution in [0.15, 0.2) is 24.3 Å². The first-order chi connectivity index (χ1) is 9.90. The van der Waals surface area contributed by atoms with Crippen molar-refractivity contribution in [3.8, 4) is 0 Å². The highest BCUT2D eigenvalue weighted by Gasteiger charge is 2.13. The molecule has 1 aromatic carbocycles. The van der Waals surface area contributed by atoms with Crippen molar-refractivity contribution < 1.29 is 24.6 Å². The third-order valence-electron chi connectivity index (χ3n) is 2.67. The predicted octanol–water partition coefficient (Wildman–Crippen LogP) is -0.580. The summed E-state index contributed by atoms with van der Waals surface area (Å²) >= 11 is 0. The number of carbonyl (C=O) groups is 3. The van der Waals surface area contributed by atoms with Gasteiger partial charge >= 0.3 is 12.0 Å². The van der Waals surface area contributed by atoms with Gasteiger partial charge in [0.15, 0.2) is 6.10 Å². The van der Waals surface area contributed by atoms with Gasteiger partial charge in [0.05, 0.1) is 0 Å². The van der Waals surface area contributed by atoms with Gasteiger partial charge in [0.2, 0.25) is 0 Å². The van der Waals surface area contributed by atoms with Crippen molar-refractivity contribution in [3.05, 3.63) is 35.4 Å². The Balaban J connectivity index is 2.44. The highest BCUT2D eigenvalue weighted by atomic mass is 16.4. The molecular weight excluding hydrogens is 278 g/mol. The van der Waals surface area contributed by atoms with E-state index in [-0.39, 0.29) is 25.4 Å². The van der Waals surface area contributed by atoms with E-state index in [2.05, 4.69) is 10.6 Å². The Hall–Kier alpha value is -2.61. The van der Waals surface area contributed by atoms with Crippen LogP contribution in [0.1, 0.15) is 22.3 Å². The van der Waals surface area contributed by atoms with E-state index in [0.717, 1.165) is 5.56 Å². The zero-order chi connectivity index (χ0) is 15.8. The van der Waals surface area contributed by atoms with Crippen LogP contribution in [0, 0.1) is 0 Å². The number of benzene rings is 1. The fourth-order valence-electron chi connectivity index (χ4n) is 1.51. The summed E-state index contributed by atoms with van der Waals surface area (Å²) in [6.45, 7) is 0.319. The molecular formula is C13H17N3O5. The van der Waals surface area contributed by atoms with Crippen LogP contribution in [0.4, 0.5) is 4.79 Å². The normalized spacial score (nSPS) is 11.5. The summed E-state index contributed by atoms with van der Waals surface area (Å²) in [5.74, 6) is -1.70. The summed E-state index contributed by atoms with van der Waals surface area (Å²) in [6.07, 6.45) is -1.56. The van der Waals surface area contributed by atoms with Crippen molar-refractivity contribution >= 4 is 17.9 Å². The number of primary amides is 1. The second kappa shape index (κ2) is 7.85. The van der Waals surface area contributed by atoms with E-state index in [4.69, 9.17) is 15.9 Å². The number of nitrogens with two attached hydrogens (primary N) is 1. The lowest BCUT2D eigenvalue weighted by Gasteiger charge is -2.08. The minimum Gasteiger partial charge on any atom is -0.479 e. The molecule has 8 nitrogen and oxygen atoms in total. The third-order valence-corrected chi connectivity index (χ3v) is 2.67. The van der Waals surface area contributed by atoms with Crippen molar-refractivity contribution in [2.75, 3.05) is 6.54 Å². The van der Waals surface area contributed by atoms with E-state index < -0.39 is 18.1 Å². The number of carboxylic acid groups (broad SMARTS) is 1. The van der Waals surface area contributed by atoms with Gasteiger partial charge in [-0.2, -0.15) is 0 Å². The SMILES string of the molecule is NC(=O)NCc1ccc(C(=O)NCC[C@H](O)C(=O)O)cc1. The fourth-order valence-corrected chi connectivity index (χ4v) is 1.51. The van der Waals surface area contributed by atoms with Crippen LogP contribution in [-0.4, -0.2) is 40.8 Å². The van der Waals surface area contributed by atoms with E-state index >= 15 is 0 Å². The van der Waals surface area contributed by atoms with Crippen LogP contribution in [0.3, 0.4) is 0 Å². The number of carbonyl (C=O) groups excluding carboxylic acids is 2. The minimum atomic E-state index is -1.49. The second-order valence-corrected chi connectivity index (χ2v) is 4.31. The maximum Gasteiger partial charge on any atom is 0.332 e. The van der Waals surface area contributed by atoms with E-state index in [1.165, 1.54) is 0 Å². The van der Waals surface area contributed by atoms with Crippen LogP contribution in [0.25, 0.3) is 0 Å². The Morgan fingerprint density at radius 1 is 1.14 bits per heavy atom. The second-order valence-electron chi connectivity index (χ2n) is 4.31. The lowest BCUT2D eigenvalue weighted by molar-refractivity contribution is -0.146. The molecule has 0 bridgehead atoms. The molecule has 21 heavy (non-hydrogen) atoms. The molecule has 0 fully saturated rings. The molecule has 0 saturated heterocycles. The van der Waals surface area contributed by atoms with Crippen molar-refractivity contribution in [3.63, 3.8) is 0 Å². The molecule has 0 unspecified atom stereocenters. The van der Waals surface area contributed by atoms with Crippen LogP contribution < -0.4 is 16.4 Å². The first-order valence-electron chi connectivity index (χ1n) is 6.21. The van der Waals surface area contributed by atoms with Gasteiger partial charge in [-0.3, -0.25) is 4.79 Å². The maximum absolute atomic E-state index is 11.7. The van der Waals surface area contributed by atoms with Crippen molar-refractivity contribution in [1.29, 1.82) is 0 Å². The molecule has 6 N–H and O–H groups in total. The first-order valence-corrected chi connectivity index (χ1v) is 6.21. The Labute approximate surface area is 120 Å². The van der Waals surface area contributed by atoms with Crippen molar-refractivity contribution in [1.82, 2.24) is 10.6 Å². The molecule has 0 spiro atoms. The summed E-state index contributed by atoms with van der Waals surface area (Å²) in [6, 6.07) is 5.84. The number of amides is 3. The molecule has 0 aliphatic heterocycles. The number of hydrogen-bond donors (Lipinski definition) is 5. The fraction of sp³-hybridized carbons (Fsp3) is 0.308. The summed E-state index contributed by atoms with van der Waals surface area (Å²) in [5.41, 5.74) is 6.12. The molecule has 0 aliphatic carbocycles.